The number of carboxylic acid groups (broad SMARTS) is 1. The molecular weight excluding hydrogens is 282 g/mol. The highest BCUT2D eigenvalue weighted by atomic mass is 16.4. The maximum Gasteiger partial charge on any atom is 0.303 e. The number of nitrogens with two attached hydrogens (primary N) is 1. The van der Waals surface area contributed by atoms with Gasteiger partial charge in [0.1, 0.15) is 0 Å². The van der Waals surface area contributed by atoms with E-state index in [-0.39, 0.29) is 18.6 Å². The molecule has 0 saturated heterocycles. The van der Waals surface area contributed by atoms with Gasteiger partial charge in [-0.1, -0.05) is 29.8 Å². The van der Waals surface area contributed by atoms with Crippen molar-refractivity contribution >= 4 is 17.7 Å². The Morgan fingerprint density at radius 3 is 2.55 bits per heavy atom. The van der Waals surface area contributed by atoms with Gasteiger partial charge in [0.05, 0.1) is 5.92 Å². The first-order valence-corrected chi connectivity index (χ1v) is 7.09. The minimum absolute atomic E-state index is 0.00979. The third kappa shape index (κ3) is 5.52. The van der Waals surface area contributed by atoms with Crippen LogP contribution in [0.15, 0.2) is 30.4 Å². The lowest BCUT2D eigenvalue weighted by Crippen LogP contribution is -2.22. The number of rotatable bonds is 8. The van der Waals surface area contributed by atoms with E-state index < -0.39 is 17.8 Å². The molecule has 0 spiro atoms. The fourth-order valence-corrected chi connectivity index (χ4v) is 2.17. The average Bonchev–Trinajstić information content (AvgIpc) is 2.42. The normalized spacial score (nSPS) is 12.3. The number of aryl methyl sites for hydroxylation is 1. The van der Waals surface area contributed by atoms with Crippen LogP contribution in [0.2, 0.25) is 0 Å². The van der Waals surface area contributed by atoms with E-state index in [4.69, 9.17) is 10.8 Å². The Morgan fingerprint density at radius 1 is 1.32 bits per heavy atom. The van der Waals surface area contributed by atoms with E-state index >= 15 is 0 Å². The standard InChI is InChI=1S/C17H21NO4/c1-11-6-7-13(15(10-11)12(2)19)4-3-5-14(17(18)22)8-9-16(20)21/h3,5-7,10,14H,4,8-9H2,1-2H3,(H2,18,22)(H,20,21)/b5-3+. The van der Waals surface area contributed by atoms with E-state index in [1.807, 2.05) is 25.1 Å². The summed E-state index contributed by atoms with van der Waals surface area (Å²) in [6, 6.07) is 5.64. The number of aliphatic carboxylic acids is 1. The predicted octanol–water partition coefficient (Wildman–Crippen LogP) is 2.26. The number of hydrogen-bond donors (Lipinski definition) is 2. The number of Topliss-reactive ketones (excluding diaryl/α,β-unsaturated/α-hetero) is 1. The number of carbonyl (C=O) groups is 3. The van der Waals surface area contributed by atoms with E-state index in [0.29, 0.717) is 12.0 Å². The van der Waals surface area contributed by atoms with Gasteiger partial charge >= 0.3 is 5.97 Å². The summed E-state index contributed by atoms with van der Waals surface area (Å²) in [5.74, 6) is -2.13. The van der Waals surface area contributed by atoms with Gasteiger partial charge in [-0.05, 0) is 38.3 Å². The maximum atomic E-state index is 11.6. The highest BCUT2D eigenvalue weighted by Crippen LogP contribution is 2.15. The van der Waals surface area contributed by atoms with Gasteiger partial charge < -0.3 is 10.8 Å². The molecule has 0 fully saturated rings. The monoisotopic (exact) mass is 303 g/mol. The zero-order chi connectivity index (χ0) is 16.7. The van der Waals surface area contributed by atoms with Gasteiger partial charge in [-0.15, -0.1) is 0 Å². The number of hydrogen-bond acceptors (Lipinski definition) is 3. The maximum absolute atomic E-state index is 11.6. The van der Waals surface area contributed by atoms with Crippen LogP contribution >= 0.6 is 0 Å². The quantitative estimate of drug-likeness (QED) is 0.568. The number of carbonyl (C=O) groups excluding carboxylic acids is 2. The molecule has 3 N–H and O–H groups in total. The molecule has 1 unspecified atom stereocenters. The molecule has 1 aromatic carbocycles. The van der Waals surface area contributed by atoms with Crippen molar-refractivity contribution in [3.63, 3.8) is 0 Å². The number of primary amides is 1. The minimum atomic E-state index is -0.961. The SMILES string of the molecule is CC(=O)c1cc(C)ccc1C/C=C/C(CCC(=O)O)C(N)=O. The average molecular weight is 303 g/mol. The smallest absolute Gasteiger partial charge is 0.303 e. The first-order chi connectivity index (χ1) is 10.3. The molecule has 0 bridgehead atoms. The summed E-state index contributed by atoms with van der Waals surface area (Å²) in [5, 5.41) is 8.66. The third-order valence-electron chi connectivity index (χ3n) is 3.39. The second-order valence-corrected chi connectivity index (χ2v) is 5.29. The van der Waals surface area contributed by atoms with Crippen molar-refractivity contribution in [1.82, 2.24) is 0 Å². The lowest BCUT2D eigenvalue weighted by molar-refractivity contribution is -0.137. The Bertz CT molecular complexity index is 605. The highest BCUT2D eigenvalue weighted by Gasteiger charge is 2.13. The first-order valence-electron chi connectivity index (χ1n) is 7.09. The molecule has 0 aliphatic heterocycles. The van der Waals surface area contributed by atoms with Gasteiger partial charge in [0.2, 0.25) is 5.91 Å². The summed E-state index contributed by atoms with van der Waals surface area (Å²) in [6.45, 7) is 3.43. The molecule has 5 nitrogen and oxygen atoms in total. The third-order valence-corrected chi connectivity index (χ3v) is 3.39. The van der Waals surface area contributed by atoms with Crippen LogP contribution in [0, 0.1) is 12.8 Å². The molecule has 1 atom stereocenters. The number of ketones is 1. The molecule has 5 heteroatoms. The zero-order valence-corrected chi connectivity index (χ0v) is 12.8. The second-order valence-electron chi connectivity index (χ2n) is 5.29. The van der Waals surface area contributed by atoms with E-state index in [2.05, 4.69) is 0 Å². The molecule has 22 heavy (non-hydrogen) atoms. The lowest BCUT2D eigenvalue weighted by atomic mass is 9.97. The van der Waals surface area contributed by atoms with Crippen LogP contribution in [0.5, 0.6) is 0 Å². The van der Waals surface area contributed by atoms with Crippen molar-refractivity contribution in [3.05, 3.63) is 47.0 Å². The topological polar surface area (TPSA) is 97.5 Å². The summed E-state index contributed by atoms with van der Waals surface area (Å²) in [6.07, 6.45) is 3.94. The number of allylic oxidation sites excluding steroid dienone is 1. The summed E-state index contributed by atoms with van der Waals surface area (Å²) in [7, 11) is 0. The molecule has 0 aliphatic carbocycles. The van der Waals surface area contributed by atoms with Crippen molar-refractivity contribution in [2.75, 3.05) is 0 Å². The Labute approximate surface area is 129 Å². The van der Waals surface area contributed by atoms with Gasteiger partial charge in [-0.3, -0.25) is 14.4 Å². The van der Waals surface area contributed by atoms with Gasteiger partial charge in [0.25, 0.3) is 0 Å². The minimum Gasteiger partial charge on any atom is -0.481 e. The van der Waals surface area contributed by atoms with Gasteiger partial charge in [0, 0.05) is 12.0 Å². The summed E-state index contributed by atoms with van der Waals surface area (Å²) >= 11 is 0. The first kappa shape index (κ1) is 17.6. The van der Waals surface area contributed by atoms with Crippen LogP contribution in [0.25, 0.3) is 0 Å². The molecule has 1 aromatic rings. The van der Waals surface area contributed by atoms with Crippen molar-refractivity contribution in [3.8, 4) is 0 Å². The van der Waals surface area contributed by atoms with Crippen LogP contribution in [0.1, 0.15) is 41.3 Å². The second kappa shape index (κ2) is 8.12. The fraction of sp³-hybridized carbons (Fsp3) is 0.353. The summed E-state index contributed by atoms with van der Waals surface area (Å²) in [5.41, 5.74) is 7.80. The lowest BCUT2D eigenvalue weighted by Gasteiger charge is -2.08. The largest absolute Gasteiger partial charge is 0.481 e. The van der Waals surface area contributed by atoms with Crippen molar-refractivity contribution in [1.29, 1.82) is 0 Å². The Morgan fingerprint density at radius 2 is 2.00 bits per heavy atom. The van der Waals surface area contributed by atoms with E-state index in [1.54, 1.807) is 12.2 Å². The Hall–Kier alpha value is -2.43. The van der Waals surface area contributed by atoms with Crippen molar-refractivity contribution in [2.24, 2.45) is 11.7 Å². The number of amides is 1. The molecule has 1 rings (SSSR count). The van der Waals surface area contributed by atoms with E-state index in [0.717, 1.165) is 11.1 Å². The molecular formula is C17H21NO4. The number of carboxylic acids is 1. The van der Waals surface area contributed by atoms with Gasteiger partial charge in [0.15, 0.2) is 5.78 Å². The number of benzene rings is 1. The fourth-order valence-electron chi connectivity index (χ4n) is 2.17. The van der Waals surface area contributed by atoms with Crippen LogP contribution in [0.4, 0.5) is 0 Å². The molecule has 1 amide bonds. The van der Waals surface area contributed by atoms with Crippen LogP contribution in [0.3, 0.4) is 0 Å². The zero-order valence-electron chi connectivity index (χ0n) is 12.8. The Kier molecular flexibility index (Phi) is 6.50. The van der Waals surface area contributed by atoms with Crippen molar-refractivity contribution in [2.45, 2.75) is 33.1 Å². The van der Waals surface area contributed by atoms with Gasteiger partial charge in [-0.25, -0.2) is 0 Å². The molecule has 0 radical (unpaired) electrons. The molecule has 0 aliphatic rings. The Balaban J connectivity index is 2.80. The van der Waals surface area contributed by atoms with Crippen LogP contribution in [-0.4, -0.2) is 22.8 Å². The molecule has 0 saturated carbocycles. The van der Waals surface area contributed by atoms with E-state index in [1.165, 1.54) is 6.92 Å². The molecule has 0 heterocycles. The summed E-state index contributed by atoms with van der Waals surface area (Å²) < 4.78 is 0. The van der Waals surface area contributed by atoms with Crippen LogP contribution in [-0.2, 0) is 16.0 Å². The predicted molar refractivity (Wildman–Crippen MR) is 83.6 cm³/mol. The van der Waals surface area contributed by atoms with Crippen LogP contribution < -0.4 is 5.73 Å². The van der Waals surface area contributed by atoms with E-state index in [9.17, 15) is 14.4 Å². The van der Waals surface area contributed by atoms with Crippen molar-refractivity contribution < 1.29 is 19.5 Å². The van der Waals surface area contributed by atoms with Gasteiger partial charge in [-0.2, -0.15) is 0 Å². The molecule has 118 valence electrons. The molecule has 0 aromatic heterocycles. The summed E-state index contributed by atoms with van der Waals surface area (Å²) in [4.78, 5) is 33.5. The highest BCUT2D eigenvalue weighted by molar-refractivity contribution is 5.95.